The zero-order chi connectivity index (χ0) is 26.8. The molecule has 2 aromatic carbocycles. The first-order valence-electron chi connectivity index (χ1n) is 11.8. The Kier molecular flexibility index (Phi) is 8.20. The number of thiazole rings is 1. The number of nitrogens with zero attached hydrogens (tertiary/aromatic N) is 4. The smallest absolute Gasteiger partial charge is 0.236 e. The molecular weight excluding hydrogens is 577 g/mol. The normalized spacial score (nSPS) is 11.2. The van der Waals surface area contributed by atoms with E-state index in [1.807, 2.05) is 11.4 Å². The van der Waals surface area contributed by atoms with E-state index in [-0.39, 0.29) is 11.7 Å². The maximum Gasteiger partial charge on any atom is 0.236 e. The average molecular weight is 601 g/mol. The van der Waals surface area contributed by atoms with E-state index in [1.54, 1.807) is 23.5 Å². The Balaban J connectivity index is 1.29. The summed E-state index contributed by atoms with van der Waals surface area (Å²) in [4.78, 5) is 18.5. The number of thiophene rings is 1. The van der Waals surface area contributed by atoms with Gasteiger partial charge in [-0.25, -0.2) is 4.98 Å². The van der Waals surface area contributed by atoms with Gasteiger partial charge in [0.15, 0.2) is 16.1 Å². The molecule has 3 heterocycles. The van der Waals surface area contributed by atoms with Crippen molar-refractivity contribution in [2.75, 3.05) is 11.1 Å². The van der Waals surface area contributed by atoms with Crippen LogP contribution in [0.5, 0.6) is 0 Å². The molecule has 0 radical (unpaired) electrons. The quantitative estimate of drug-likeness (QED) is 0.181. The molecule has 0 saturated heterocycles. The van der Waals surface area contributed by atoms with E-state index in [0.717, 1.165) is 22.5 Å². The highest BCUT2D eigenvalue weighted by Crippen LogP contribution is 2.39. The van der Waals surface area contributed by atoms with Gasteiger partial charge in [0.1, 0.15) is 0 Å². The zero-order valence-corrected chi connectivity index (χ0v) is 24.7. The van der Waals surface area contributed by atoms with Gasteiger partial charge in [-0.2, -0.15) is 0 Å². The number of carbonyl (C=O) groups is 1. The van der Waals surface area contributed by atoms with Gasteiger partial charge in [-0.3, -0.25) is 4.79 Å². The molecule has 0 atom stereocenters. The van der Waals surface area contributed by atoms with Gasteiger partial charge < -0.3 is 9.88 Å². The van der Waals surface area contributed by atoms with Crippen LogP contribution < -0.4 is 5.32 Å². The molecular formula is C27H23Cl2N5OS3. The summed E-state index contributed by atoms with van der Waals surface area (Å²) in [6.07, 6.45) is 0. The Hall–Kier alpha value is -2.69. The van der Waals surface area contributed by atoms with Crippen molar-refractivity contribution >= 4 is 68.7 Å². The predicted molar refractivity (Wildman–Crippen MR) is 161 cm³/mol. The highest BCUT2D eigenvalue weighted by atomic mass is 35.5. The molecule has 0 bridgehead atoms. The number of hydrogen-bond acceptors (Lipinski definition) is 7. The van der Waals surface area contributed by atoms with Crippen molar-refractivity contribution in [1.29, 1.82) is 0 Å². The van der Waals surface area contributed by atoms with Crippen LogP contribution in [0.15, 0.2) is 58.4 Å². The maximum absolute atomic E-state index is 12.7. The van der Waals surface area contributed by atoms with Crippen LogP contribution in [0.3, 0.4) is 0 Å². The van der Waals surface area contributed by atoms with Crippen LogP contribution in [0.2, 0.25) is 10.0 Å². The molecule has 0 aliphatic rings. The fourth-order valence-corrected chi connectivity index (χ4v) is 6.91. The number of aryl methyl sites for hydroxylation is 2. The lowest BCUT2D eigenvalue weighted by Crippen LogP contribution is -2.14. The van der Waals surface area contributed by atoms with Crippen LogP contribution in [-0.4, -0.2) is 31.4 Å². The van der Waals surface area contributed by atoms with Crippen molar-refractivity contribution in [2.24, 2.45) is 0 Å². The number of halogens is 2. The van der Waals surface area contributed by atoms with Crippen LogP contribution in [0, 0.1) is 13.8 Å². The van der Waals surface area contributed by atoms with Crippen LogP contribution in [0.25, 0.3) is 33.8 Å². The van der Waals surface area contributed by atoms with Gasteiger partial charge in [-0.1, -0.05) is 64.8 Å². The lowest BCUT2D eigenvalue weighted by Gasteiger charge is -2.09. The summed E-state index contributed by atoms with van der Waals surface area (Å²) in [5, 5.41) is 18.1. The second-order valence-electron chi connectivity index (χ2n) is 8.50. The fraction of sp³-hybridized carbons (Fsp3) is 0.185. The van der Waals surface area contributed by atoms with Crippen molar-refractivity contribution in [3.05, 3.63) is 73.7 Å². The summed E-state index contributed by atoms with van der Waals surface area (Å²) in [6, 6.07) is 13.8. The third-order valence-corrected chi connectivity index (χ3v) is 9.06. The molecule has 0 unspecified atom stereocenters. The van der Waals surface area contributed by atoms with Gasteiger partial charge in [0, 0.05) is 43.9 Å². The Bertz CT molecular complexity index is 1610. The highest BCUT2D eigenvalue weighted by molar-refractivity contribution is 7.99. The summed E-state index contributed by atoms with van der Waals surface area (Å²) in [5.74, 6) is 0.819. The van der Waals surface area contributed by atoms with Crippen LogP contribution in [0.1, 0.15) is 17.4 Å². The number of rotatable bonds is 8. The van der Waals surface area contributed by atoms with E-state index in [9.17, 15) is 4.79 Å². The first-order valence-corrected chi connectivity index (χ1v) is 15.3. The third kappa shape index (κ3) is 5.67. The molecule has 1 amide bonds. The second-order valence-corrected chi connectivity index (χ2v) is 12.2. The molecule has 5 rings (SSSR count). The summed E-state index contributed by atoms with van der Waals surface area (Å²) >= 11 is 16.7. The SMILES string of the molecule is CCn1c(SCC(=O)Nc2nc(-c3ccc(Cl)cc3Cl)cs2)nnc1-c1csc(C)c1-c1ccc(C)cc1. The first kappa shape index (κ1) is 26.9. The monoisotopic (exact) mass is 599 g/mol. The Morgan fingerprint density at radius 1 is 1.03 bits per heavy atom. The molecule has 11 heteroatoms. The van der Waals surface area contributed by atoms with Gasteiger partial charge in [-0.15, -0.1) is 32.9 Å². The number of anilines is 1. The molecule has 5 aromatic rings. The minimum atomic E-state index is -0.169. The van der Waals surface area contributed by atoms with Crippen LogP contribution >= 0.6 is 57.6 Å². The van der Waals surface area contributed by atoms with E-state index < -0.39 is 0 Å². The molecule has 194 valence electrons. The molecule has 0 saturated carbocycles. The van der Waals surface area contributed by atoms with E-state index >= 15 is 0 Å². The number of amides is 1. The fourth-order valence-electron chi connectivity index (χ4n) is 4.02. The van der Waals surface area contributed by atoms with Gasteiger partial charge in [0.2, 0.25) is 5.91 Å². The Labute approximate surface area is 243 Å². The minimum absolute atomic E-state index is 0.169. The van der Waals surface area contributed by atoms with Gasteiger partial charge in [0.05, 0.1) is 16.5 Å². The van der Waals surface area contributed by atoms with Crippen molar-refractivity contribution < 1.29 is 4.79 Å². The Morgan fingerprint density at radius 2 is 1.82 bits per heavy atom. The number of benzene rings is 2. The van der Waals surface area contributed by atoms with Crippen molar-refractivity contribution in [2.45, 2.75) is 32.5 Å². The second kappa shape index (κ2) is 11.6. The molecule has 0 aliphatic heterocycles. The van der Waals surface area contributed by atoms with Crippen LogP contribution in [0.4, 0.5) is 5.13 Å². The van der Waals surface area contributed by atoms with E-state index in [0.29, 0.717) is 32.6 Å². The zero-order valence-electron chi connectivity index (χ0n) is 20.8. The predicted octanol–water partition coefficient (Wildman–Crippen LogP) is 8.47. The van der Waals surface area contributed by atoms with Gasteiger partial charge in [0.25, 0.3) is 0 Å². The average Bonchev–Trinajstić information content (AvgIpc) is 3.61. The lowest BCUT2D eigenvalue weighted by molar-refractivity contribution is -0.113. The van der Waals surface area contributed by atoms with Crippen molar-refractivity contribution in [3.8, 4) is 33.8 Å². The number of aromatic nitrogens is 4. The third-order valence-electron chi connectivity index (χ3n) is 5.88. The number of thioether (sulfide) groups is 1. The van der Waals surface area contributed by atoms with E-state index in [2.05, 4.69) is 75.5 Å². The van der Waals surface area contributed by atoms with Gasteiger partial charge in [-0.05, 0) is 44.5 Å². The largest absolute Gasteiger partial charge is 0.302 e. The standard InChI is InChI=1S/C27H23Cl2N5OS3/c1-4-34-25(20-12-36-16(3)24(20)17-7-5-15(2)6-8-17)32-33-27(34)38-14-23(35)31-26-30-22(13-37-26)19-10-9-18(28)11-21(19)29/h5-13H,4,14H2,1-3H3,(H,30,31,35). The molecule has 6 nitrogen and oxygen atoms in total. The van der Waals surface area contributed by atoms with Crippen LogP contribution in [-0.2, 0) is 11.3 Å². The van der Waals surface area contributed by atoms with Crippen molar-refractivity contribution in [1.82, 2.24) is 19.7 Å². The highest BCUT2D eigenvalue weighted by Gasteiger charge is 2.21. The Morgan fingerprint density at radius 3 is 2.55 bits per heavy atom. The molecule has 0 spiro atoms. The summed E-state index contributed by atoms with van der Waals surface area (Å²) in [5.41, 5.74) is 6.06. The van der Waals surface area contributed by atoms with Crippen molar-refractivity contribution in [3.63, 3.8) is 0 Å². The van der Waals surface area contributed by atoms with E-state index in [4.69, 9.17) is 23.2 Å². The maximum atomic E-state index is 12.7. The first-order chi connectivity index (χ1) is 18.3. The summed E-state index contributed by atoms with van der Waals surface area (Å²) < 4.78 is 2.06. The molecule has 1 N–H and O–H groups in total. The molecule has 38 heavy (non-hydrogen) atoms. The topological polar surface area (TPSA) is 72.7 Å². The minimum Gasteiger partial charge on any atom is -0.302 e. The molecule has 0 fully saturated rings. The lowest BCUT2D eigenvalue weighted by atomic mass is 10.0. The summed E-state index contributed by atoms with van der Waals surface area (Å²) in [6.45, 7) is 6.95. The van der Waals surface area contributed by atoms with Gasteiger partial charge >= 0.3 is 0 Å². The molecule has 3 aromatic heterocycles. The summed E-state index contributed by atoms with van der Waals surface area (Å²) in [7, 11) is 0. The number of nitrogens with one attached hydrogen (secondary N) is 1. The molecule has 0 aliphatic carbocycles. The van der Waals surface area contributed by atoms with E-state index in [1.165, 1.54) is 39.1 Å². The number of carbonyl (C=O) groups excluding carboxylic acids is 1. The number of hydrogen-bond donors (Lipinski definition) is 1.